The maximum absolute atomic E-state index is 11.7. The van der Waals surface area contributed by atoms with Gasteiger partial charge in [-0.05, 0) is 42.2 Å². The zero-order valence-corrected chi connectivity index (χ0v) is 18.4. The highest BCUT2D eigenvalue weighted by Gasteiger charge is 2.33. The molecule has 1 amide bonds. The Morgan fingerprint density at radius 2 is 1.59 bits per heavy atom. The molecule has 1 aliphatic rings. The Hall–Kier alpha value is -3.15. The van der Waals surface area contributed by atoms with E-state index in [1.54, 1.807) is 6.07 Å². The maximum atomic E-state index is 11.7. The van der Waals surface area contributed by atoms with E-state index in [2.05, 4.69) is 21.9 Å². The number of carbonyl (C=O) groups excluding carboxylic acids is 1. The van der Waals surface area contributed by atoms with Crippen molar-refractivity contribution in [3.05, 3.63) is 102 Å². The number of piperidine rings is 1. The van der Waals surface area contributed by atoms with E-state index in [-0.39, 0.29) is 0 Å². The summed E-state index contributed by atoms with van der Waals surface area (Å²) in [5.41, 5.74) is 8.50. The Labute approximate surface area is 190 Å². The molecule has 0 saturated carbocycles. The van der Waals surface area contributed by atoms with Crippen LogP contribution >= 0.6 is 0 Å². The zero-order valence-electron chi connectivity index (χ0n) is 18.4. The van der Waals surface area contributed by atoms with Crippen molar-refractivity contribution in [2.45, 2.75) is 25.0 Å². The molecule has 3 aromatic rings. The van der Waals surface area contributed by atoms with E-state index < -0.39 is 11.5 Å². The summed E-state index contributed by atoms with van der Waals surface area (Å²) >= 11 is 0. The highest BCUT2D eigenvalue weighted by Crippen LogP contribution is 2.32. The molecule has 5 nitrogen and oxygen atoms in total. The first kappa shape index (κ1) is 22.1. The van der Waals surface area contributed by atoms with E-state index in [1.165, 1.54) is 5.56 Å². The third kappa shape index (κ3) is 5.36. The normalized spacial score (nSPS) is 15.9. The Bertz CT molecular complexity index is 1020. The number of anilines is 1. The molecule has 0 unspecified atom stereocenters. The number of amides is 1. The fourth-order valence-corrected chi connectivity index (χ4v) is 4.40. The van der Waals surface area contributed by atoms with Crippen LogP contribution in [0, 0.1) is 0 Å². The number of rotatable bonds is 8. The van der Waals surface area contributed by atoms with Crippen LogP contribution in [0.25, 0.3) is 0 Å². The number of carbonyl (C=O) groups is 1. The molecule has 166 valence electrons. The molecule has 0 spiro atoms. The van der Waals surface area contributed by atoms with E-state index in [1.807, 2.05) is 66.7 Å². The number of likely N-dealkylation sites (tertiary alicyclic amines) is 1. The lowest BCUT2D eigenvalue weighted by Gasteiger charge is -2.39. The van der Waals surface area contributed by atoms with Crippen molar-refractivity contribution in [2.75, 3.05) is 31.1 Å². The topological polar surface area (TPSA) is 69.8 Å². The van der Waals surface area contributed by atoms with Crippen molar-refractivity contribution in [3.63, 3.8) is 0 Å². The van der Waals surface area contributed by atoms with Crippen LogP contribution in [0.5, 0.6) is 0 Å². The number of aliphatic hydroxyl groups is 1. The van der Waals surface area contributed by atoms with Crippen LogP contribution in [-0.2, 0) is 12.1 Å². The number of nitrogens with zero attached hydrogens (tertiary/aromatic N) is 2. The molecule has 0 aliphatic carbocycles. The van der Waals surface area contributed by atoms with E-state index in [4.69, 9.17) is 5.73 Å². The van der Waals surface area contributed by atoms with Gasteiger partial charge in [0.05, 0.1) is 5.60 Å². The van der Waals surface area contributed by atoms with Crippen LogP contribution in [0.15, 0.2) is 84.9 Å². The molecular weight excluding hydrogens is 398 g/mol. The quantitative estimate of drug-likeness (QED) is 0.572. The molecule has 0 radical (unpaired) electrons. The van der Waals surface area contributed by atoms with Gasteiger partial charge >= 0.3 is 0 Å². The summed E-state index contributed by atoms with van der Waals surface area (Å²) in [6, 6.07) is 27.9. The summed E-state index contributed by atoms with van der Waals surface area (Å²) in [5.74, 6) is -0.414. The number of nitrogens with two attached hydrogens (primary N) is 1. The van der Waals surface area contributed by atoms with Crippen molar-refractivity contribution in [1.82, 2.24) is 4.90 Å². The second-order valence-electron chi connectivity index (χ2n) is 8.56. The first-order chi connectivity index (χ1) is 15.5. The summed E-state index contributed by atoms with van der Waals surface area (Å²) in [4.78, 5) is 16.4. The van der Waals surface area contributed by atoms with Crippen LogP contribution in [-0.4, -0.2) is 42.1 Å². The fraction of sp³-hybridized carbons (Fsp3) is 0.296. The minimum Gasteiger partial charge on any atom is -0.385 e. The molecule has 4 rings (SSSR count). The van der Waals surface area contributed by atoms with Gasteiger partial charge in [-0.1, -0.05) is 66.7 Å². The molecule has 3 N–H and O–H groups in total. The Balaban J connectivity index is 1.43. The third-order valence-electron chi connectivity index (χ3n) is 6.39. The van der Waals surface area contributed by atoms with Crippen LogP contribution < -0.4 is 10.6 Å². The number of hydrogen-bond acceptors (Lipinski definition) is 4. The van der Waals surface area contributed by atoms with E-state index in [0.29, 0.717) is 5.56 Å². The standard InChI is InChI=1S/C27H31N3O2/c28-26(31)23-10-7-13-25(20-23)30(21-22-8-3-1-4-9-22)19-18-29-16-14-27(32,15-17-29)24-11-5-2-6-12-24/h1-13,20,32H,14-19,21H2,(H2,28,31). The SMILES string of the molecule is NC(=O)c1cccc(N(CCN2CCC(O)(c3ccccc3)CC2)Cc2ccccc2)c1. The third-order valence-corrected chi connectivity index (χ3v) is 6.39. The molecule has 1 aliphatic heterocycles. The maximum Gasteiger partial charge on any atom is 0.248 e. The molecule has 1 fully saturated rings. The molecule has 1 saturated heterocycles. The van der Waals surface area contributed by atoms with Gasteiger partial charge in [0.1, 0.15) is 0 Å². The second kappa shape index (κ2) is 9.98. The van der Waals surface area contributed by atoms with Crippen LogP contribution in [0.1, 0.15) is 34.3 Å². The van der Waals surface area contributed by atoms with Gasteiger partial charge in [-0.3, -0.25) is 4.79 Å². The molecule has 0 bridgehead atoms. The van der Waals surface area contributed by atoms with Gasteiger partial charge in [-0.15, -0.1) is 0 Å². The molecule has 5 heteroatoms. The predicted molar refractivity (Wildman–Crippen MR) is 128 cm³/mol. The largest absolute Gasteiger partial charge is 0.385 e. The highest BCUT2D eigenvalue weighted by atomic mass is 16.3. The lowest BCUT2D eigenvalue weighted by molar-refractivity contribution is -0.0252. The highest BCUT2D eigenvalue weighted by molar-refractivity contribution is 5.93. The summed E-state index contributed by atoms with van der Waals surface area (Å²) < 4.78 is 0. The van der Waals surface area contributed by atoms with Gasteiger partial charge in [0.15, 0.2) is 0 Å². The van der Waals surface area contributed by atoms with Crippen molar-refractivity contribution in [2.24, 2.45) is 5.73 Å². The average molecular weight is 430 g/mol. The van der Waals surface area contributed by atoms with E-state index in [9.17, 15) is 9.90 Å². The van der Waals surface area contributed by atoms with Crippen LogP contribution in [0.3, 0.4) is 0 Å². The minimum absolute atomic E-state index is 0.414. The molecule has 32 heavy (non-hydrogen) atoms. The van der Waals surface area contributed by atoms with Gasteiger partial charge in [-0.25, -0.2) is 0 Å². The fourth-order valence-electron chi connectivity index (χ4n) is 4.40. The molecule has 0 atom stereocenters. The van der Waals surface area contributed by atoms with Crippen LogP contribution in [0.4, 0.5) is 5.69 Å². The molecule has 1 heterocycles. The molecule has 0 aromatic heterocycles. The van der Waals surface area contributed by atoms with E-state index >= 15 is 0 Å². The van der Waals surface area contributed by atoms with Crippen molar-refractivity contribution < 1.29 is 9.90 Å². The lowest BCUT2D eigenvalue weighted by atomic mass is 9.84. The lowest BCUT2D eigenvalue weighted by Crippen LogP contribution is -2.45. The average Bonchev–Trinajstić information content (AvgIpc) is 2.84. The smallest absolute Gasteiger partial charge is 0.248 e. The monoisotopic (exact) mass is 429 g/mol. The first-order valence-electron chi connectivity index (χ1n) is 11.2. The minimum atomic E-state index is -0.739. The Kier molecular flexibility index (Phi) is 6.88. The molecule has 3 aromatic carbocycles. The molecular formula is C27H31N3O2. The number of primary amides is 1. The summed E-state index contributed by atoms with van der Waals surface area (Å²) in [6.45, 7) is 4.17. The Morgan fingerprint density at radius 1 is 0.938 bits per heavy atom. The summed E-state index contributed by atoms with van der Waals surface area (Å²) in [6.07, 6.45) is 1.46. The second-order valence-corrected chi connectivity index (χ2v) is 8.56. The number of benzene rings is 3. The van der Waals surface area contributed by atoms with Gasteiger partial charge in [0, 0.05) is 44.0 Å². The zero-order chi connectivity index (χ0) is 22.4. The van der Waals surface area contributed by atoms with Crippen LogP contribution in [0.2, 0.25) is 0 Å². The van der Waals surface area contributed by atoms with Crippen molar-refractivity contribution >= 4 is 11.6 Å². The summed E-state index contributed by atoms with van der Waals surface area (Å²) in [7, 11) is 0. The number of hydrogen-bond donors (Lipinski definition) is 2. The Morgan fingerprint density at radius 3 is 2.25 bits per heavy atom. The summed E-state index contributed by atoms with van der Waals surface area (Å²) in [5, 5.41) is 11.1. The van der Waals surface area contributed by atoms with Gasteiger partial charge in [0.2, 0.25) is 5.91 Å². The van der Waals surface area contributed by atoms with Crippen molar-refractivity contribution in [3.8, 4) is 0 Å². The van der Waals surface area contributed by atoms with Gasteiger partial charge < -0.3 is 20.6 Å². The van der Waals surface area contributed by atoms with Gasteiger partial charge in [0.25, 0.3) is 0 Å². The predicted octanol–water partition coefficient (Wildman–Crippen LogP) is 3.78. The van der Waals surface area contributed by atoms with Gasteiger partial charge in [-0.2, -0.15) is 0 Å². The first-order valence-corrected chi connectivity index (χ1v) is 11.2. The van der Waals surface area contributed by atoms with Crippen molar-refractivity contribution in [1.29, 1.82) is 0 Å². The van der Waals surface area contributed by atoms with E-state index in [0.717, 1.165) is 56.8 Å².